The second kappa shape index (κ2) is 5.81. The zero-order valence-electron chi connectivity index (χ0n) is 12.2. The topological polar surface area (TPSA) is 125 Å². The number of fused-ring (bicyclic) bond motifs is 2. The predicted molar refractivity (Wildman–Crippen MR) is 89.0 cm³/mol. The van der Waals surface area contributed by atoms with Crippen LogP contribution in [0.15, 0.2) is 46.3 Å². The van der Waals surface area contributed by atoms with E-state index in [0.717, 1.165) is 6.07 Å². The number of nitrogens with zero attached hydrogens (tertiary/aromatic N) is 1. The lowest BCUT2D eigenvalue weighted by atomic mass is 10.2. The van der Waals surface area contributed by atoms with Crippen LogP contribution in [0.5, 0.6) is 11.5 Å². The molecule has 0 bridgehead atoms. The lowest BCUT2D eigenvalue weighted by Gasteiger charge is -2.10. The SMILES string of the molecule is NC(N)=NC(=O)c1cc2c(cc1Cl)Oc1ccccc1CS2(=O)=O. The van der Waals surface area contributed by atoms with E-state index in [1.54, 1.807) is 24.3 Å². The van der Waals surface area contributed by atoms with E-state index in [4.69, 9.17) is 27.8 Å². The fraction of sp³-hybridized carbons (Fsp3) is 0.0667. The van der Waals surface area contributed by atoms with Gasteiger partial charge in [0.15, 0.2) is 15.8 Å². The first-order chi connectivity index (χ1) is 11.3. The third kappa shape index (κ3) is 2.93. The molecule has 0 radical (unpaired) electrons. The molecule has 0 saturated carbocycles. The third-order valence-electron chi connectivity index (χ3n) is 3.37. The van der Waals surface area contributed by atoms with Crippen LogP contribution in [-0.2, 0) is 15.6 Å². The highest BCUT2D eigenvalue weighted by Gasteiger charge is 2.29. The molecule has 0 saturated heterocycles. The van der Waals surface area contributed by atoms with Gasteiger partial charge in [0.25, 0.3) is 5.91 Å². The van der Waals surface area contributed by atoms with E-state index in [-0.39, 0.29) is 27.0 Å². The highest BCUT2D eigenvalue weighted by Crippen LogP contribution is 2.40. The quantitative estimate of drug-likeness (QED) is 0.586. The maximum atomic E-state index is 12.6. The standard InChI is InChI=1S/C15H12ClN3O4S/c16-10-6-12-13(5-9(10)14(20)19-15(17)18)24(21,22)7-8-3-1-2-4-11(8)23-12/h1-6H,7H2,(H4,17,18,19,20). The zero-order valence-corrected chi connectivity index (χ0v) is 13.8. The molecule has 0 aromatic heterocycles. The molecule has 2 aromatic rings. The predicted octanol–water partition coefficient (Wildman–Crippen LogP) is 1.83. The van der Waals surface area contributed by atoms with Crippen molar-refractivity contribution in [2.45, 2.75) is 10.6 Å². The maximum Gasteiger partial charge on any atom is 0.281 e. The van der Waals surface area contributed by atoms with Crippen LogP contribution in [0.25, 0.3) is 0 Å². The Morgan fingerprint density at radius 1 is 1.17 bits per heavy atom. The van der Waals surface area contributed by atoms with Gasteiger partial charge in [-0.15, -0.1) is 0 Å². The summed E-state index contributed by atoms with van der Waals surface area (Å²) in [5, 5.41) is -0.0154. The molecule has 0 spiro atoms. The van der Waals surface area contributed by atoms with Gasteiger partial charge in [-0.05, 0) is 12.1 Å². The molecule has 7 nitrogen and oxygen atoms in total. The first-order valence-electron chi connectivity index (χ1n) is 6.74. The Morgan fingerprint density at radius 2 is 1.88 bits per heavy atom. The van der Waals surface area contributed by atoms with Crippen molar-refractivity contribution >= 4 is 33.3 Å². The zero-order chi connectivity index (χ0) is 17.5. The van der Waals surface area contributed by atoms with Crippen molar-refractivity contribution in [3.63, 3.8) is 0 Å². The number of ether oxygens (including phenoxy) is 1. The van der Waals surface area contributed by atoms with Gasteiger partial charge >= 0.3 is 0 Å². The van der Waals surface area contributed by atoms with Gasteiger partial charge in [0.1, 0.15) is 16.4 Å². The Kier molecular flexibility index (Phi) is 3.94. The Morgan fingerprint density at radius 3 is 2.58 bits per heavy atom. The number of carbonyl (C=O) groups excluding carboxylic acids is 1. The van der Waals surface area contributed by atoms with Gasteiger partial charge < -0.3 is 16.2 Å². The molecule has 1 heterocycles. The van der Waals surface area contributed by atoms with Gasteiger partial charge in [0, 0.05) is 11.6 Å². The number of hydrogen-bond donors (Lipinski definition) is 2. The average Bonchev–Trinajstić information content (AvgIpc) is 2.58. The molecule has 2 aromatic carbocycles. The molecule has 0 atom stereocenters. The molecule has 1 aliphatic heterocycles. The molecule has 124 valence electrons. The molecule has 0 unspecified atom stereocenters. The van der Waals surface area contributed by atoms with Gasteiger partial charge in [0.2, 0.25) is 0 Å². The van der Waals surface area contributed by atoms with Crippen LogP contribution >= 0.6 is 11.6 Å². The number of aliphatic imine (C=N–C) groups is 1. The van der Waals surface area contributed by atoms with Crippen molar-refractivity contribution in [3.05, 3.63) is 52.5 Å². The molecule has 0 aliphatic carbocycles. The van der Waals surface area contributed by atoms with Gasteiger partial charge in [-0.3, -0.25) is 4.79 Å². The van der Waals surface area contributed by atoms with Crippen LogP contribution in [0.3, 0.4) is 0 Å². The summed E-state index contributed by atoms with van der Waals surface area (Å²) in [6.07, 6.45) is 0. The van der Waals surface area contributed by atoms with Gasteiger partial charge in [-0.1, -0.05) is 29.8 Å². The highest BCUT2D eigenvalue weighted by molar-refractivity contribution is 7.90. The largest absolute Gasteiger partial charge is 0.456 e. The number of hydrogen-bond acceptors (Lipinski definition) is 4. The van der Waals surface area contributed by atoms with Crippen molar-refractivity contribution in [2.75, 3.05) is 0 Å². The Labute approximate surface area is 142 Å². The summed E-state index contributed by atoms with van der Waals surface area (Å²) in [6, 6.07) is 9.17. The normalized spacial score (nSPS) is 14.5. The summed E-state index contributed by atoms with van der Waals surface area (Å²) in [5.74, 6) is -1.07. The van der Waals surface area contributed by atoms with E-state index in [2.05, 4.69) is 4.99 Å². The number of nitrogens with two attached hydrogens (primary N) is 2. The van der Waals surface area contributed by atoms with Crippen molar-refractivity contribution in [1.82, 2.24) is 0 Å². The summed E-state index contributed by atoms with van der Waals surface area (Å²) >= 11 is 6.07. The van der Waals surface area contributed by atoms with Crippen molar-refractivity contribution < 1.29 is 17.9 Å². The summed E-state index contributed by atoms with van der Waals surface area (Å²) in [6.45, 7) is 0. The number of rotatable bonds is 1. The van der Waals surface area contributed by atoms with Gasteiger partial charge in [0.05, 0.1) is 16.3 Å². The number of guanidine groups is 1. The Bertz CT molecular complexity index is 982. The van der Waals surface area contributed by atoms with Gasteiger partial charge in [-0.25, -0.2) is 8.42 Å². The van der Waals surface area contributed by atoms with E-state index < -0.39 is 21.7 Å². The molecule has 24 heavy (non-hydrogen) atoms. The molecular formula is C15H12ClN3O4S. The minimum absolute atomic E-state index is 0.0154. The van der Waals surface area contributed by atoms with E-state index in [9.17, 15) is 13.2 Å². The lowest BCUT2D eigenvalue weighted by molar-refractivity contribution is 0.100. The number of benzene rings is 2. The average molecular weight is 366 g/mol. The second-order valence-electron chi connectivity index (χ2n) is 5.09. The van der Waals surface area contributed by atoms with Crippen molar-refractivity contribution in [2.24, 2.45) is 16.5 Å². The van der Waals surface area contributed by atoms with Crippen molar-refractivity contribution in [1.29, 1.82) is 0 Å². The van der Waals surface area contributed by atoms with Crippen LogP contribution < -0.4 is 16.2 Å². The summed E-state index contributed by atoms with van der Waals surface area (Å²) in [4.78, 5) is 15.2. The Hall–Kier alpha value is -2.58. The monoisotopic (exact) mass is 365 g/mol. The summed E-state index contributed by atoms with van der Waals surface area (Å²) in [5.41, 5.74) is 10.7. The van der Waals surface area contributed by atoms with E-state index in [1.807, 2.05) is 0 Å². The molecule has 3 rings (SSSR count). The molecule has 9 heteroatoms. The molecule has 1 aliphatic rings. The highest BCUT2D eigenvalue weighted by atomic mass is 35.5. The van der Waals surface area contributed by atoms with E-state index in [1.165, 1.54) is 6.07 Å². The van der Waals surface area contributed by atoms with E-state index >= 15 is 0 Å². The first-order valence-corrected chi connectivity index (χ1v) is 8.77. The van der Waals surface area contributed by atoms with Gasteiger partial charge in [-0.2, -0.15) is 4.99 Å². The first kappa shape index (κ1) is 16.3. The van der Waals surface area contributed by atoms with Crippen LogP contribution in [0.1, 0.15) is 15.9 Å². The number of carbonyl (C=O) groups is 1. The second-order valence-corrected chi connectivity index (χ2v) is 7.45. The number of amides is 1. The van der Waals surface area contributed by atoms with Crippen LogP contribution in [0.2, 0.25) is 5.02 Å². The molecule has 0 fully saturated rings. The van der Waals surface area contributed by atoms with Crippen LogP contribution in [0, 0.1) is 0 Å². The minimum Gasteiger partial charge on any atom is -0.456 e. The van der Waals surface area contributed by atoms with Crippen LogP contribution in [-0.4, -0.2) is 20.3 Å². The Balaban J connectivity index is 2.20. The van der Waals surface area contributed by atoms with Crippen LogP contribution in [0.4, 0.5) is 0 Å². The summed E-state index contributed by atoms with van der Waals surface area (Å²) in [7, 11) is -3.74. The van der Waals surface area contributed by atoms with Crippen molar-refractivity contribution in [3.8, 4) is 11.5 Å². The molecular weight excluding hydrogens is 354 g/mol. The minimum atomic E-state index is -3.74. The number of halogens is 1. The number of para-hydroxylation sites is 1. The number of sulfone groups is 1. The van der Waals surface area contributed by atoms with E-state index in [0.29, 0.717) is 11.3 Å². The fourth-order valence-electron chi connectivity index (χ4n) is 2.32. The maximum absolute atomic E-state index is 12.6. The fourth-order valence-corrected chi connectivity index (χ4v) is 4.07. The summed E-state index contributed by atoms with van der Waals surface area (Å²) < 4.78 is 31.0. The lowest BCUT2D eigenvalue weighted by Crippen LogP contribution is -2.24. The molecule has 4 N–H and O–H groups in total. The third-order valence-corrected chi connectivity index (χ3v) is 5.36. The molecule has 1 amide bonds. The smallest absolute Gasteiger partial charge is 0.281 e.